The second kappa shape index (κ2) is 15.1. The van der Waals surface area contributed by atoms with Crippen molar-refractivity contribution >= 4 is 11.9 Å². The van der Waals surface area contributed by atoms with Crippen molar-refractivity contribution in [3.63, 3.8) is 0 Å². The zero-order chi connectivity index (χ0) is 20.6. The number of benzene rings is 1. The molecule has 1 aromatic rings. The molecule has 158 valence electrons. The summed E-state index contributed by atoms with van der Waals surface area (Å²) in [6.07, 6.45) is 15.0. The van der Waals surface area contributed by atoms with Gasteiger partial charge in [0.05, 0.1) is 17.7 Å². The highest BCUT2D eigenvalue weighted by atomic mass is 16.5. The molecule has 0 radical (unpaired) electrons. The van der Waals surface area contributed by atoms with Crippen LogP contribution in [-0.4, -0.2) is 23.7 Å². The Morgan fingerprint density at radius 1 is 0.821 bits per heavy atom. The first-order valence-electron chi connectivity index (χ1n) is 11.1. The predicted molar refractivity (Wildman–Crippen MR) is 114 cm³/mol. The highest BCUT2D eigenvalue weighted by Crippen LogP contribution is 2.23. The van der Waals surface area contributed by atoms with Gasteiger partial charge in [-0.2, -0.15) is 0 Å². The Labute approximate surface area is 170 Å². The largest absolute Gasteiger partial charge is 0.478 e. The molecule has 0 saturated carbocycles. The molecule has 0 unspecified atom stereocenters. The Morgan fingerprint density at radius 2 is 1.36 bits per heavy atom. The quantitative estimate of drug-likeness (QED) is 0.247. The van der Waals surface area contributed by atoms with E-state index in [2.05, 4.69) is 13.8 Å². The molecule has 4 heteroatoms. The van der Waals surface area contributed by atoms with Crippen molar-refractivity contribution in [3.05, 3.63) is 35.4 Å². The normalized spacial score (nSPS) is 11.0. The van der Waals surface area contributed by atoms with E-state index in [9.17, 15) is 9.59 Å². The molecular weight excluding hydrogens is 352 g/mol. The lowest BCUT2D eigenvalue weighted by molar-refractivity contribution is 0.0487. The highest BCUT2D eigenvalue weighted by molar-refractivity contribution is 6.02. The van der Waals surface area contributed by atoms with E-state index in [0.717, 1.165) is 25.2 Å². The molecule has 0 aliphatic carbocycles. The fraction of sp³-hybridized carbons (Fsp3) is 0.667. The molecule has 4 nitrogen and oxygen atoms in total. The molecule has 0 spiro atoms. The maximum Gasteiger partial charge on any atom is 0.339 e. The lowest BCUT2D eigenvalue weighted by Gasteiger charge is -2.16. The highest BCUT2D eigenvalue weighted by Gasteiger charge is 2.16. The Bertz CT molecular complexity index is 559. The van der Waals surface area contributed by atoms with Gasteiger partial charge in [-0.3, -0.25) is 0 Å². The average Bonchev–Trinajstić information content (AvgIpc) is 2.71. The minimum Gasteiger partial charge on any atom is -0.478 e. The Balaban J connectivity index is 2.15. The van der Waals surface area contributed by atoms with Crippen molar-refractivity contribution in [2.75, 3.05) is 6.61 Å². The van der Waals surface area contributed by atoms with Gasteiger partial charge >= 0.3 is 11.9 Å². The van der Waals surface area contributed by atoms with Gasteiger partial charge in [-0.05, 0) is 24.5 Å². The summed E-state index contributed by atoms with van der Waals surface area (Å²) in [5.74, 6) is -0.758. The maximum atomic E-state index is 12.1. The molecular formula is C24H38O4. The number of carboxylic acid groups (broad SMARTS) is 1. The van der Waals surface area contributed by atoms with Gasteiger partial charge in [-0.1, -0.05) is 96.6 Å². The summed E-state index contributed by atoms with van der Waals surface area (Å²) in [7, 11) is 0. The maximum absolute atomic E-state index is 12.1. The van der Waals surface area contributed by atoms with E-state index in [0.29, 0.717) is 6.61 Å². The van der Waals surface area contributed by atoms with Gasteiger partial charge in [0.25, 0.3) is 0 Å². The third kappa shape index (κ3) is 9.91. The van der Waals surface area contributed by atoms with E-state index in [-0.39, 0.29) is 11.1 Å². The molecule has 1 rings (SSSR count). The molecule has 0 saturated heterocycles. The fourth-order valence-electron chi connectivity index (χ4n) is 3.57. The van der Waals surface area contributed by atoms with Crippen LogP contribution in [0.4, 0.5) is 0 Å². The van der Waals surface area contributed by atoms with Crippen LogP contribution in [0.5, 0.6) is 0 Å². The first-order chi connectivity index (χ1) is 13.6. The first-order valence-corrected chi connectivity index (χ1v) is 11.1. The van der Waals surface area contributed by atoms with Gasteiger partial charge in [0, 0.05) is 0 Å². The summed E-state index contributed by atoms with van der Waals surface area (Å²) < 4.78 is 5.25. The van der Waals surface area contributed by atoms with Gasteiger partial charge in [0.15, 0.2) is 0 Å². The van der Waals surface area contributed by atoms with Crippen molar-refractivity contribution in [3.8, 4) is 0 Å². The summed E-state index contributed by atoms with van der Waals surface area (Å²) in [5, 5.41) is 9.13. The lowest BCUT2D eigenvalue weighted by Crippen LogP contribution is -2.12. The predicted octanol–water partition coefficient (Wildman–Crippen LogP) is 6.88. The zero-order valence-electron chi connectivity index (χ0n) is 17.8. The number of ether oxygens (including phenoxy) is 1. The summed E-state index contributed by atoms with van der Waals surface area (Å²) in [6.45, 7) is 4.89. The monoisotopic (exact) mass is 390 g/mol. The summed E-state index contributed by atoms with van der Waals surface area (Å²) in [4.78, 5) is 23.2. The number of aromatic carboxylic acids is 1. The number of rotatable bonds is 16. The Morgan fingerprint density at radius 3 is 1.96 bits per heavy atom. The van der Waals surface area contributed by atoms with Crippen LogP contribution in [0, 0.1) is 5.92 Å². The minimum atomic E-state index is -1.11. The molecule has 0 fully saturated rings. The van der Waals surface area contributed by atoms with E-state index < -0.39 is 11.9 Å². The molecule has 0 atom stereocenters. The molecule has 0 aliphatic rings. The number of carbonyl (C=O) groups is 2. The Hall–Kier alpha value is -1.84. The van der Waals surface area contributed by atoms with Crippen LogP contribution in [0.25, 0.3) is 0 Å². The third-order valence-corrected chi connectivity index (χ3v) is 5.30. The van der Waals surface area contributed by atoms with Crippen LogP contribution < -0.4 is 0 Å². The minimum absolute atomic E-state index is 0.00630. The van der Waals surface area contributed by atoms with Crippen LogP contribution in [0.3, 0.4) is 0 Å². The van der Waals surface area contributed by atoms with Gasteiger partial charge in [-0.15, -0.1) is 0 Å². The van der Waals surface area contributed by atoms with E-state index >= 15 is 0 Å². The fourth-order valence-corrected chi connectivity index (χ4v) is 3.57. The van der Waals surface area contributed by atoms with Crippen LogP contribution in [0.1, 0.15) is 112 Å². The van der Waals surface area contributed by atoms with Crippen LogP contribution in [0.15, 0.2) is 24.3 Å². The standard InChI is InChI=1S/C24H38O4/c1-3-5-14-20(15-6-4-2)16-10-8-7-9-13-19-28-24(27)22-18-12-11-17-21(22)23(25)26/h11-12,17-18,20H,3-10,13-16,19H2,1-2H3,(H,25,26). The second-order valence-corrected chi connectivity index (χ2v) is 7.69. The van der Waals surface area contributed by atoms with Gasteiger partial charge in [-0.25, -0.2) is 9.59 Å². The molecule has 0 amide bonds. The van der Waals surface area contributed by atoms with Gasteiger partial charge in [0.2, 0.25) is 0 Å². The second-order valence-electron chi connectivity index (χ2n) is 7.69. The third-order valence-electron chi connectivity index (χ3n) is 5.30. The smallest absolute Gasteiger partial charge is 0.339 e. The van der Waals surface area contributed by atoms with E-state index in [1.54, 1.807) is 12.1 Å². The van der Waals surface area contributed by atoms with Crippen molar-refractivity contribution in [1.82, 2.24) is 0 Å². The number of hydrogen-bond donors (Lipinski definition) is 1. The van der Waals surface area contributed by atoms with Gasteiger partial charge < -0.3 is 9.84 Å². The van der Waals surface area contributed by atoms with Crippen LogP contribution in [0.2, 0.25) is 0 Å². The number of carboxylic acids is 1. The molecule has 28 heavy (non-hydrogen) atoms. The lowest BCUT2D eigenvalue weighted by atomic mass is 9.90. The molecule has 0 aromatic heterocycles. The number of unbranched alkanes of at least 4 members (excludes halogenated alkanes) is 6. The number of esters is 1. The molecule has 0 heterocycles. The SMILES string of the molecule is CCCCC(CCCC)CCCCCCCOC(=O)c1ccccc1C(=O)O. The molecule has 0 aliphatic heterocycles. The van der Waals surface area contributed by atoms with Crippen molar-refractivity contribution < 1.29 is 19.4 Å². The average molecular weight is 391 g/mol. The van der Waals surface area contributed by atoms with Crippen molar-refractivity contribution in [2.45, 2.75) is 90.9 Å². The summed E-state index contributed by atoms with van der Waals surface area (Å²) in [6, 6.07) is 6.18. The van der Waals surface area contributed by atoms with Crippen molar-refractivity contribution in [2.24, 2.45) is 5.92 Å². The molecule has 0 bridgehead atoms. The van der Waals surface area contributed by atoms with E-state index in [1.807, 2.05) is 0 Å². The van der Waals surface area contributed by atoms with Crippen LogP contribution in [-0.2, 0) is 4.74 Å². The Kier molecular flexibility index (Phi) is 13.1. The zero-order valence-corrected chi connectivity index (χ0v) is 17.8. The number of hydrogen-bond acceptors (Lipinski definition) is 3. The molecule has 1 N–H and O–H groups in total. The molecule has 1 aromatic carbocycles. The van der Waals surface area contributed by atoms with Gasteiger partial charge in [0.1, 0.15) is 0 Å². The summed E-state index contributed by atoms with van der Waals surface area (Å²) >= 11 is 0. The first kappa shape index (κ1) is 24.2. The summed E-state index contributed by atoms with van der Waals surface area (Å²) in [5.41, 5.74) is 0.119. The van der Waals surface area contributed by atoms with E-state index in [1.165, 1.54) is 69.9 Å². The van der Waals surface area contributed by atoms with E-state index in [4.69, 9.17) is 9.84 Å². The van der Waals surface area contributed by atoms with Crippen molar-refractivity contribution in [1.29, 1.82) is 0 Å². The van der Waals surface area contributed by atoms with Crippen LogP contribution >= 0.6 is 0 Å². The number of carbonyl (C=O) groups excluding carboxylic acids is 1. The topological polar surface area (TPSA) is 63.6 Å².